The summed E-state index contributed by atoms with van der Waals surface area (Å²) in [5, 5.41) is 3.02. The highest BCUT2D eigenvalue weighted by Gasteiger charge is 2.24. The summed E-state index contributed by atoms with van der Waals surface area (Å²) in [6.07, 6.45) is 3.27. The molecule has 2 aromatic rings. The molecule has 0 spiro atoms. The molecule has 0 saturated carbocycles. The Bertz CT molecular complexity index is 581. The van der Waals surface area contributed by atoms with Crippen molar-refractivity contribution >= 4 is 0 Å². The molecule has 1 heterocycles. The fourth-order valence-corrected chi connectivity index (χ4v) is 1.96. The third-order valence-corrected chi connectivity index (χ3v) is 2.90. The van der Waals surface area contributed by atoms with Gasteiger partial charge in [-0.15, -0.1) is 0 Å². The maximum Gasteiger partial charge on any atom is 0.194 e. The van der Waals surface area contributed by atoms with Crippen molar-refractivity contribution in [1.82, 2.24) is 14.9 Å². The van der Waals surface area contributed by atoms with E-state index in [0.29, 0.717) is 12.4 Å². The molecule has 0 aliphatic carbocycles. The first-order chi connectivity index (χ1) is 9.06. The van der Waals surface area contributed by atoms with E-state index in [0.717, 1.165) is 6.07 Å². The van der Waals surface area contributed by atoms with Gasteiger partial charge >= 0.3 is 0 Å². The summed E-state index contributed by atoms with van der Waals surface area (Å²) in [5.41, 5.74) is 0.0371. The molecule has 1 N–H and O–H groups in total. The number of hydrogen-bond donors (Lipinski definition) is 1. The minimum absolute atomic E-state index is 0.0371. The lowest BCUT2D eigenvalue weighted by molar-refractivity contribution is 0.430. The zero-order chi connectivity index (χ0) is 14.0. The Balaban J connectivity index is 2.52. The number of aryl methyl sites for hydroxylation is 1. The highest BCUT2D eigenvalue weighted by Crippen LogP contribution is 2.25. The molecule has 0 aliphatic rings. The van der Waals surface area contributed by atoms with Crippen LogP contribution in [-0.2, 0) is 7.05 Å². The Morgan fingerprint density at radius 1 is 1.26 bits per heavy atom. The molecule has 1 atom stereocenters. The first-order valence-electron chi connectivity index (χ1n) is 5.90. The molecule has 6 heteroatoms. The molecule has 2 rings (SSSR count). The zero-order valence-corrected chi connectivity index (χ0v) is 10.6. The highest BCUT2D eigenvalue weighted by molar-refractivity contribution is 5.28. The number of hydrogen-bond acceptors (Lipinski definition) is 2. The van der Waals surface area contributed by atoms with Crippen molar-refractivity contribution in [2.45, 2.75) is 13.0 Å². The smallest absolute Gasteiger partial charge is 0.194 e. The van der Waals surface area contributed by atoms with Gasteiger partial charge in [0.2, 0.25) is 0 Å². The Morgan fingerprint density at radius 2 is 2.00 bits per heavy atom. The van der Waals surface area contributed by atoms with Crippen LogP contribution in [0.3, 0.4) is 0 Å². The number of halogens is 3. The maximum atomic E-state index is 13.9. The van der Waals surface area contributed by atoms with Gasteiger partial charge in [0.05, 0.1) is 6.04 Å². The van der Waals surface area contributed by atoms with E-state index < -0.39 is 23.5 Å². The standard InChI is InChI=1S/C13H14F3N3/c1-3-17-12(13-18-6-7-19(13)2)8-4-5-9(14)11(16)10(8)15/h4-7,12,17H,3H2,1-2H3. The monoisotopic (exact) mass is 269 g/mol. The van der Waals surface area contributed by atoms with Gasteiger partial charge in [0, 0.05) is 25.0 Å². The fourth-order valence-electron chi connectivity index (χ4n) is 1.96. The summed E-state index contributed by atoms with van der Waals surface area (Å²) in [4.78, 5) is 4.12. The Hall–Kier alpha value is -1.82. The van der Waals surface area contributed by atoms with Crippen LogP contribution in [0.2, 0.25) is 0 Å². The molecule has 1 aromatic carbocycles. The highest BCUT2D eigenvalue weighted by atomic mass is 19.2. The van der Waals surface area contributed by atoms with Crippen LogP contribution in [-0.4, -0.2) is 16.1 Å². The van der Waals surface area contributed by atoms with E-state index in [1.165, 1.54) is 6.07 Å². The van der Waals surface area contributed by atoms with Crippen molar-refractivity contribution in [3.8, 4) is 0 Å². The van der Waals surface area contributed by atoms with Crippen molar-refractivity contribution in [3.05, 3.63) is 53.4 Å². The van der Waals surface area contributed by atoms with E-state index in [9.17, 15) is 13.2 Å². The van der Waals surface area contributed by atoms with E-state index >= 15 is 0 Å². The van der Waals surface area contributed by atoms with Gasteiger partial charge in [-0.2, -0.15) is 0 Å². The van der Waals surface area contributed by atoms with Crippen molar-refractivity contribution in [1.29, 1.82) is 0 Å². The number of aromatic nitrogens is 2. The van der Waals surface area contributed by atoms with Crippen molar-refractivity contribution in [2.24, 2.45) is 7.05 Å². The SMILES string of the molecule is CCNC(c1ccc(F)c(F)c1F)c1nccn1C. The largest absolute Gasteiger partial charge is 0.336 e. The predicted molar refractivity (Wildman–Crippen MR) is 65.0 cm³/mol. The second-order valence-electron chi connectivity index (χ2n) is 4.15. The molecule has 1 unspecified atom stereocenters. The van der Waals surface area contributed by atoms with E-state index in [2.05, 4.69) is 10.3 Å². The molecule has 3 nitrogen and oxygen atoms in total. The number of imidazole rings is 1. The predicted octanol–water partition coefficient (Wildman–Crippen LogP) is 2.54. The van der Waals surface area contributed by atoms with Crippen LogP contribution < -0.4 is 5.32 Å². The quantitative estimate of drug-likeness (QED) is 0.864. The second kappa shape index (κ2) is 5.44. The fraction of sp³-hybridized carbons (Fsp3) is 0.308. The third kappa shape index (κ3) is 2.49. The lowest BCUT2D eigenvalue weighted by atomic mass is 10.0. The molecule has 0 saturated heterocycles. The molecular weight excluding hydrogens is 255 g/mol. The van der Waals surface area contributed by atoms with E-state index in [1.807, 2.05) is 6.92 Å². The molecule has 0 radical (unpaired) electrons. The third-order valence-electron chi connectivity index (χ3n) is 2.90. The van der Waals surface area contributed by atoms with Crippen molar-refractivity contribution in [2.75, 3.05) is 6.54 Å². The van der Waals surface area contributed by atoms with Gasteiger partial charge in [0.1, 0.15) is 5.82 Å². The number of nitrogens with one attached hydrogen (secondary N) is 1. The summed E-state index contributed by atoms with van der Waals surface area (Å²) in [7, 11) is 1.75. The number of rotatable bonds is 4. The Morgan fingerprint density at radius 3 is 2.58 bits per heavy atom. The number of nitrogens with zero attached hydrogens (tertiary/aromatic N) is 2. The molecule has 0 amide bonds. The Kier molecular flexibility index (Phi) is 3.90. The van der Waals surface area contributed by atoms with Gasteiger partial charge in [-0.1, -0.05) is 13.0 Å². The lowest BCUT2D eigenvalue weighted by Crippen LogP contribution is -2.26. The van der Waals surface area contributed by atoms with Crippen LogP contribution in [0.4, 0.5) is 13.2 Å². The van der Waals surface area contributed by atoms with Gasteiger partial charge in [0.25, 0.3) is 0 Å². The van der Waals surface area contributed by atoms with Crippen LogP contribution >= 0.6 is 0 Å². The van der Waals surface area contributed by atoms with Gasteiger partial charge in [-0.3, -0.25) is 0 Å². The van der Waals surface area contributed by atoms with Crippen molar-refractivity contribution < 1.29 is 13.2 Å². The minimum Gasteiger partial charge on any atom is -0.336 e. The molecule has 1 aromatic heterocycles. The normalized spacial score (nSPS) is 12.7. The number of benzene rings is 1. The van der Waals surface area contributed by atoms with Gasteiger partial charge in [0.15, 0.2) is 17.5 Å². The molecular formula is C13H14F3N3. The Labute approximate surface area is 109 Å². The average molecular weight is 269 g/mol. The maximum absolute atomic E-state index is 13.9. The first kappa shape index (κ1) is 13.6. The van der Waals surface area contributed by atoms with Crippen LogP contribution in [0.5, 0.6) is 0 Å². The van der Waals surface area contributed by atoms with Crippen molar-refractivity contribution in [3.63, 3.8) is 0 Å². The van der Waals surface area contributed by atoms with Crippen LogP contribution in [0, 0.1) is 17.5 Å². The van der Waals surface area contributed by atoms with E-state index in [1.54, 1.807) is 24.0 Å². The minimum atomic E-state index is -1.46. The molecule has 102 valence electrons. The molecule has 0 aliphatic heterocycles. The molecule has 0 fully saturated rings. The summed E-state index contributed by atoms with van der Waals surface area (Å²) < 4.78 is 41.9. The second-order valence-corrected chi connectivity index (χ2v) is 4.15. The average Bonchev–Trinajstić information content (AvgIpc) is 2.80. The van der Waals surface area contributed by atoms with Gasteiger partial charge in [-0.05, 0) is 12.6 Å². The topological polar surface area (TPSA) is 29.9 Å². The van der Waals surface area contributed by atoms with Gasteiger partial charge < -0.3 is 9.88 Å². The van der Waals surface area contributed by atoms with Crippen LogP contribution in [0.15, 0.2) is 24.5 Å². The van der Waals surface area contributed by atoms with E-state index in [-0.39, 0.29) is 5.56 Å². The molecule has 19 heavy (non-hydrogen) atoms. The van der Waals surface area contributed by atoms with Crippen LogP contribution in [0.25, 0.3) is 0 Å². The zero-order valence-electron chi connectivity index (χ0n) is 10.6. The summed E-state index contributed by atoms with van der Waals surface area (Å²) in [6, 6.07) is 1.52. The van der Waals surface area contributed by atoms with Gasteiger partial charge in [-0.25, -0.2) is 18.2 Å². The summed E-state index contributed by atoms with van der Waals surface area (Å²) >= 11 is 0. The first-order valence-corrected chi connectivity index (χ1v) is 5.90. The van der Waals surface area contributed by atoms with E-state index in [4.69, 9.17) is 0 Å². The lowest BCUT2D eigenvalue weighted by Gasteiger charge is -2.19. The van der Waals surface area contributed by atoms with Crippen LogP contribution in [0.1, 0.15) is 24.4 Å². The molecule has 0 bridgehead atoms. The summed E-state index contributed by atoms with van der Waals surface area (Å²) in [5.74, 6) is -3.31. The summed E-state index contributed by atoms with van der Waals surface area (Å²) in [6.45, 7) is 2.38.